The Morgan fingerprint density at radius 3 is 2.38 bits per heavy atom. The van der Waals surface area contributed by atoms with E-state index in [-0.39, 0.29) is 5.82 Å². The van der Waals surface area contributed by atoms with E-state index in [1.807, 2.05) is 31.2 Å². The molecular formula is C20H16FN3. The van der Waals surface area contributed by atoms with Gasteiger partial charge < -0.3 is 4.85 Å². The summed E-state index contributed by atoms with van der Waals surface area (Å²) in [5.74, 6) is -0.310. The summed E-state index contributed by atoms with van der Waals surface area (Å²) in [5, 5.41) is 8.36. The number of nitrogens with zero attached hydrogens (tertiary/aromatic N) is 3. The predicted molar refractivity (Wildman–Crippen MR) is 91.8 cm³/mol. The Morgan fingerprint density at radius 1 is 0.958 bits per heavy atom. The Hall–Kier alpha value is -3.06. The van der Waals surface area contributed by atoms with E-state index in [0.717, 1.165) is 11.1 Å². The SMILES string of the molecule is [C-]#[N+]C(c1cc(-c2ccccc2F)c(C)nn1)c1ccccc1C. The Morgan fingerprint density at radius 2 is 1.67 bits per heavy atom. The fourth-order valence-electron chi connectivity index (χ4n) is 2.74. The van der Waals surface area contributed by atoms with Crippen molar-refractivity contribution in [3.8, 4) is 11.1 Å². The number of aromatic nitrogens is 2. The van der Waals surface area contributed by atoms with Crippen molar-refractivity contribution >= 4 is 0 Å². The molecule has 0 bridgehead atoms. The second-order valence-corrected chi connectivity index (χ2v) is 5.64. The molecule has 0 N–H and O–H groups in total. The zero-order valence-electron chi connectivity index (χ0n) is 13.5. The standard InChI is InChI=1S/C20H16FN3/c1-13-8-4-5-9-15(13)20(22-3)19-12-17(14(2)23-24-19)16-10-6-7-11-18(16)21/h4-12,20H,1-2H3. The summed E-state index contributed by atoms with van der Waals surface area (Å²) in [6, 6.07) is 15.5. The summed E-state index contributed by atoms with van der Waals surface area (Å²) in [6.45, 7) is 11.3. The van der Waals surface area contributed by atoms with Crippen LogP contribution < -0.4 is 0 Å². The molecule has 3 nitrogen and oxygen atoms in total. The first kappa shape index (κ1) is 15.8. The van der Waals surface area contributed by atoms with E-state index < -0.39 is 6.04 Å². The van der Waals surface area contributed by atoms with Crippen LogP contribution in [0.15, 0.2) is 54.6 Å². The summed E-state index contributed by atoms with van der Waals surface area (Å²) < 4.78 is 14.1. The molecule has 0 fully saturated rings. The van der Waals surface area contributed by atoms with Crippen molar-refractivity contribution in [3.63, 3.8) is 0 Å². The van der Waals surface area contributed by atoms with Crippen molar-refractivity contribution < 1.29 is 4.39 Å². The normalized spacial score (nSPS) is 11.8. The smallest absolute Gasteiger partial charge is 0.292 e. The first-order valence-corrected chi connectivity index (χ1v) is 7.63. The third kappa shape index (κ3) is 2.89. The van der Waals surface area contributed by atoms with Crippen LogP contribution in [0.2, 0.25) is 0 Å². The molecule has 0 amide bonds. The number of halogens is 1. The van der Waals surface area contributed by atoms with E-state index in [4.69, 9.17) is 6.57 Å². The average Bonchev–Trinajstić information content (AvgIpc) is 2.59. The number of benzene rings is 2. The molecule has 1 atom stereocenters. The van der Waals surface area contributed by atoms with Crippen LogP contribution in [0.5, 0.6) is 0 Å². The maximum atomic E-state index is 14.1. The minimum absolute atomic E-state index is 0.310. The first-order valence-electron chi connectivity index (χ1n) is 7.63. The molecule has 3 aromatic rings. The molecule has 0 aliphatic carbocycles. The Bertz CT molecular complexity index is 928. The molecule has 0 radical (unpaired) electrons. The molecule has 0 spiro atoms. The number of hydrogen-bond acceptors (Lipinski definition) is 2. The van der Waals surface area contributed by atoms with Gasteiger partial charge in [0.2, 0.25) is 0 Å². The van der Waals surface area contributed by atoms with E-state index in [0.29, 0.717) is 22.5 Å². The Labute approximate surface area is 140 Å². The zero-order valence-corrected chi connectivity index (χ0v) is 13.5. The van der Waals surface area contributed by atoms with E-state index in [2.05, 4.69) is 15.0 Å². The summed E-state index contributed by atoms with van der Waals surface area (Å²) in [4.78, 5) is 3.73. The molecule has 1 aromatic heterocycles. The van der Waals surface area contributed by atoms with Crippen LogP contribution in [0.25, 0.3) is 16.0 Å². The summed E-state index contributed by atoms with van der Waals surface area (Å²) >= 11 is 0. The van der Waals surface area contributed by atoms with Gasteiger partial charge in [-0.2, -0.15) is 5.10 Å². The lowest BCUT2D eigenvalue weighted by atomic mass is 9.96. The van der Waals surface area contributed by atoms with Crippen LogP contribution in [-0.2, 0) is 0 Å². The molecule has 1 unspecified atom stereocenters. The van der Waals surface area contributed by atoms with Gasteiger partial charge in [0.25, 0.3) is 6.04 Å². The highest BCUT2D eigenvalue weighted by Gasteiger charge is 2.24. The van der Waals surface area contributed by atoms with Gasteiger partial charge in [-0.05, 0) is 31.5 Å². The van der Waals surface area contributed by atoms with Gasteiger partial charge in [-0.1, -0.05) is 42.5 Å². The second kappa shape index (κ2) is 6.59. The van der Waals surface area contributed by atoms with E-state index in [1.54, 1.807) is 31.2 Å². The minimum atomic E-state index is -0.551. The monoisotopic (exact) mass is 317 g/mol. The molecule has 3 rings (SSSR count). The van der Waals surface area contributed by atoms with Gasteiger partial charge in [0, 0.05) is 16.7 Å². The quantitative estimate of drug-likeness (QED) is 0.643. The fourth-order valence-corrected chi connectivity index (χ4v) is 2.74. The highest BCUT2D eigenvalue weighted by atomic mass is 19.1. The number of hydrogen-bond donors (Lipinski definition) is 0. The lowest BCUT2D eigenvalue weighted by molar-refractivity contribution is 0.631. The predicted octanol–water partition coefficient (Wildman–Crippen LogP) is 4.91. The molecule has 0 aliphatic heterocycles. The third-order valence-electron chi connectivity index (χ3n) is 4.05. The van der Waals surface area contributed by atoms with Gasteiger partial charge in [0.1, 0.15) is 5.82 Å². The number of aryl methyl sites for hydroxylation is 2. The van der Waals surface area contributed by atoms with Crippen molar-refractivity contribution in [2.24, 2.45) is 0 Å². The molecule has 24 heavy (non-hydrogen) atoms. The lowest BCUT2D eigenvalue weighted by Crippen LogP contribution is -2.05. The van der Waals surface area contributed by atoms with Crippen molar-refractivity contribution in [2.75, 3.05) is 0 Å². The second-order valence-electron chi connectivity index (χ2n) is 5.64. The van der Waals surface area contributed by atoms with Crippen LogP contribution in [-0.4, -0.2) is 10.2 Å². The van der Waals surface area contributed by atoms with E-state index in [1.165, 1.54) is 6.07 Å². The summed E-state index contributed by atoms with van der Waals surface area (Å²) in [7, 11) is 0. The summed E-state index contributed by atoms with van der Waals surface area (Å²) in [6.07, 6.45) is 0. The van der Waals surface area contributed by atoms with Crippen molar-refractivity contribution in [1.82, 2.24) is 10.2 Å². The third-order valence-corrected chi connectivity index (χ3v) is 4.05. The van der Waals surface area contributed by atoms with Gasteiger partial charge in [0.05, 0.1) is 5.69 Å². The topological polar surface area (TPSA) is 30.1 Å². The summed E-state index contributed by atoms with van der Waals surface area (Å²) in [5.41, 5.74) is 4.22. The van der Waals surface area contributed by atoms with Gasteiger partial charge in [-0.25, -0.2) is 11.0 Å². The number of rotatable bonds is 3. The van der Waals surface area contributed by atoms with Crippen LogP contribution in [0, 0.1) is 26.2 Å². The van der Waals surface area contributed by atoms with Gasteiger partial charge in [-0.3, -0.25) is 0 Å². The maximum Gasteiger partial charge on any atom is 0.292 e. The van der Waals surface area contributed by atoms with Gasteiger partial charge >= 0.3 is 0 Å². The maximum absolute atomic E-state index is 14.1. The average molecular weight is 317 g/mol. The molecule has 118 valence electrons. The van der Waals surface area contributed by atoms with E-state index in [9.17, 15) is 4.39 Å². The van der Waals surface area contributed by atoms with Gasteiger partial charge in [-0.15, -0.1) is 5.10 Å². The largest absolute Gasteiger partial charge is 0.301 e. The Kier molecular flexibility index (Phi) is 4.35. The fraction of sp³-hybridized carbons (Fsp3) is 0.150. The minimum Gasteiger partial charge on any atom is -0.301 e. The van der Waals surface area contributed by atoms with Gasteiger partial charge in [0.15, 0.2) is 5.69 Å². The van der Waals surface area contributed by atoms with E-state index >= 15 is 0 Å². The van der Waals surface area contributed by atoms with Crippen LogP contribution >= 0.6 is 0 Å². The van der Waals surface area contributed by atoms with Crippen LogP contribution in [0.3, 0.4) is 0 Å². The van der Waals surface area contributed by atoms with Crippen LogP contribution in [0.1, 0.15) is 28.6 Å². The molecule has 4 heteroatoms. The molecule has 0 aliphatic rings. The zero-order chi connectivity index (χ0) is 17.1. The lowest BCUT2D eigenvalue weighted by Gasteiger charge is -2.11. The Balaban J connectivity index is 2.13. The molecular weight excluding hydrogens is 301 g/mol. The van der Waals surface area contributed by atoms with Crippen LogP contribution in [0.4, 0.5) is 4.39 Å². The molecule has 0 saturated carbocycles. The van der Waals surface area contributed by atoms with Crippen molar-refractivity contribution in [3.05, 3.63) is 94.3 Å². The molecule has 0 saturated heterocycles. The van der Waals surface area contributed by atoms with Crippen molar-refractivity contribution in [1.29, 1.82) is 0 Å². The molecule has 2 aromatic carbocycles. The highest BCUT2D eigenvalue weighted by Crippen LogP contribution is 2.31. The first-order chi connectivity index (χ1) is 11.6. The van der Waals surface area contributed by atoms with Crippen molar-refractivity contribution in [2.45, 2.75) is 19.9 Å². The molecule has 1 heterocycles. The highest BCUT2D eigenvalue weighted by molar-refractivity contribution is 5.66.